The molecule has 0 aliphatic carbocycles. The van der Waals surface area contributed by atoms with E-state index in [1.54, 1.807) is 18.6 Å². The van der Waals surface area contributed by atoms with Crippen molar-refractivity contribution in [1.82, 2.24) is 15.0 Å². The highest BCUT2D eigenvalue weighted by Gasteiger charge is 2.04. The highest BCUT2D eigenvalue weighted by Crippen LogP contribution is 2.22. The molecule has 0 amide bonds. The van der Waals surface area contributed by atoms with E-state index in [0.29, 0.717) is 10.8 Å². The number of nitrogens with zero attached hydrogens (tertiary/aromatic N) is 3. The van der Waals surface area contributed by atoms with Crippen LogP contribution in [0.15, 0.2) is 48.2 Å². The zero-order valence-electron chi connectivity index (χ0n) is 9.75. The van der Waals surface area contributed by atoms with Crippen molar-refractivity contribution in [3.05, 3.63) is 53.3 Å². The van der Waals surface area contributed by atoms with E-state index >= 15 is 0 Å². The first-order valence-electron chi connectivity index (χ1n) is 5.56. The Bertz CT molecular complexity index is 667. The van der Waals surface area contributed by atoms with Crippen LogP contribution in [0.1, 0.15) is 0 Å². The molecule has 2 heterocycles. The second kappa shape index (κ2) is 5.34. The van der Waals surface area contributed by atoms with Crippen molar-refractivity contribution in [3.8, 4) is 10.7 Å². The largest absolute Gasteiger partial charge is 0.339 e. The van der Waals surface area contributed by atoms with Gasteiger partial charge in [0.2, 0.25) is 0 Å². The van der Waals surface area contributed by atoms with E-state index in [2.05, 4.69) is 20.3 Å². The summed E-state index contributed by atoms with van der Waals surface area (Å²) in [5.74, 6) is 0.676. The normalized spacial score (nSPS) is 10.4. The predicted molar refractivity (Wildman–Crippen MR) is 77.9 cm³/mol. The van der Waals surface area contributed by atoms with Gasteiger partial charge >= 0.3 is 0 Å². The molecule has 0 saturated carbocycles. The molecule has 0 radical (unpaired) electrons. The molecule has 3 rings (SSSR count). The smallest absolute Gasteiger partial charge is 0.149 e. The van der Waals surface area contributed by atoms with Crippen molar-refractivity contribution in [1.29, 1.82) is 0 Å². The van der Waals surface area contributed by atoms with Crippen LogP contribution in [0.5, 0.6) is 0 Å². The maximum Gasteiger partial charge on any atom is 0.149 e. The van der Waals surface area contributed by atoms with E-state index in [0.717, 1.165) is 16.4 Å². The number of hydrogen-bond acceptors (Lipinski definition) is 5. The zero-order chi connectivity index (χ0) is 13.1. The van der Waals surface area contributed by atoms with Crippen LogP contribution >= 0.6 is 22.9 Å². The summed E-state index contributed by atoms with van der Waals surface area (Å²) < 4.78 is 0. The van der Waals surface area contributed by atoms with Crippen LogP contribution in [0.4, 0.5) is 11.5 Å². The maximum atomic E-state index is 5.84. The van der Waals surface area contributed by atoms with Crippen molar-refractivity contribution in [2.24, 2.45) is 0 Å². The summed E-state index contributed by atoms with van der Waals surface area (Å²) in [5.41, 5.74) is 1.67. The number of benzene rings is 1. The topological polar surface area (TPSA) is 50.7 Å². The molecule has 0 aliphatic heterocycles. The minimum absolute atomic E-state index is 0.676. The van der Waals surface area contributed by atoms with Crippen molar-refractivity contribution in [2.45, 2.75) is 0 Å². The molecule has 6 heteroatoms. The molecule has 19 heavy (non-hydrogen) atoms. The standard InChI is InChI=1S/C13H9ClN4S/c14-9-1-3-10(4-2-9)17-12-8-15-7-11(18-12)13-16-5-6-19-13/h1-8H,(H,17,18). The fourth-order valence-electron chi connectivity index (χ4n) is 1.56. The predicted octanol–water partition coefficient (Wildman–Crippen LogP) is 4.00. The number of thiazole rings is 1. The van der Waals surface area contributed by atoms with E-state index in [1.807, 2.05) is 29.6 Å². The molecule has 1 N–H and O–H groups in total. The van der Waals surface area contributed by atoms with Gasteiger partial charge in [0.25, 0.3) is 0 Å². The summed E-state index contributed by atoms with van der Waals surface area (Å²) in [5, 5.41) is 6.65. The number of rotatable bonds is 3. The van der Waals surface area contributed by atoms with Gasteiger partial charge in [-0.1, -0.05) is 11.6 Å². The first-order chi connectivity index (χ1) is 9.31. The number of nitrogens with one attached hydrogen (secondary N) is 1. The van der Waals surface area contributed by atoms with Crippen LogP contribution in [0.25, 0.3) is 10.7 Å². The SMILES string of the molecule is Clc1ccc(Nc2cncc(-c3nccs3)n2)cc1. The number of anilines is 2. The fourth-order valence-corrected chi connectivity index (χ4v) is 2.28. The maximum absolute atomic E-state index is 5.84. The molecule has 94 valence electrons. The summed E-state index contributed by atoms with van der Waals surface area (Å²) in [6, 6.07) is 7.42. The van der Waals surface area contributed by atoms with E-state index in [9.17, 15) is 0 Å². The number of aromatic nitrogens is 3. The van der Waals surface area contributed by atoms with E-state index < -0.39 is 0 Å². The molecule has 0 bridgehead atoms. The molecule has 1 aromatic carbocycles. The average molecular weight is 289 g/mol. The van der Waals surface area contributed by atoms with Crippen LogP contribution in [-0.2, 0) is 0 Å². The Morgan fingerprint density at radius 3 is 2.68 bits per heavy atom. The van der Waals surface area contributed by atoms with Crippen LogP contribution in [0, 0.1) is 0 Å². The Kier molecular flexibility index (Phi) is 3.39. The first kappa shape index (κ1) is 12.1. The zero-order valence-corrected chi connectivity index (χ0v) is 11.3. The second-order valence-electron chi connectivity index (χ2n) is 3.76. The highest BCUT2D eigenvalue weighted by atomic mass is 35.5. The van der Waals surface area contributed by atoms with Crippen molar-refractivity contribution in [3.63, 3.8) is 0 Å². The quantitative estimate of drug-likeness (QED) is 0.791. The molecule has 3 aromatic rings. The third kappa shape index (κ3) is 2.89. The molecular weight excluding hydrogens is 280 g/mol. The van der Waals surface area contributed by atoms with Crippen LogP contribution in [0.2, 0.25) is 5.02 Å². The van der Waals surface area contributed by atoms with Crippen LogP contribution < -0.4 is 5.32 Å². The van der Waals surface area contributed by atoms with Crippen LogP contribution in [-0.4, -0.2) is 15.0 Å². The van der Waals surface area contributed by atoms with Gasteiger partial charge in [0, 0.05) is 22.3 Å². The average Bonchev–Trinajstić information content (AvgIpc) is 2.96. The third-order valence-electron chi connectivity index (χ3n) is 2.40. The summed E-state index contributed by atoms with van der Waals surface area (Å²) >= 11 is 7.38. The van der Waals surface area contributed by atoms with Crippen LogP contribution in [0.3, 0.4) is 0 Å². The van der Waals surface area contributed by atoms with Crippen molar-refractivity contribution >= 4 is 34.4 Å². The van der Waals surface area contributed by atoms with Gasteiger partial charge < -0.3 is 5.32 Å². The Morgan fingerprint density at radius 2 is 1.95 bits per heavy atom. The summed E-state index contributed by atoms with van der Waals surface area (Å²) in [7, 11) is 0. The molecule has 0 unspecified atom stereocenters. The van der Waals surface area contributed by atoms with E-state index in [-0.39, 0.29) is 0 Å². The van der Waals surface area contributed by atoms with Gasteiger partial charge in [-0.25, -0.2) is 9.97 Å². The second-order valence-corrected chi connectivity index (χ2v) is 5.09. The highest BCUT2D eigenvalue weighted by molar-refractivity contribution is 7.13. The van der Waals surface area contributed by atoms with E-state index in [1.165, 1.54) is 11.3 Å². The summed E-state index contributed by atoms with van der Waals surface area (Å²) in [6.07, 6.45) is 5.12. The Labute approximate surface area is 119 Å². The van der Waals surface area contributed by atoms with Gasteiger partial charge in [-0.15, -0.1) is 11.3 Å². The Balaban J connectivity index is 1.85. The van der Waals surface area contributed by atoms with Gasteiger partial charge in [-0.3, -0.25) is 4.98 Å². The minimum atomic E-state index is 0.676. The lowest BCUT2D eigenvalue weighted by molar-refractivity contribution is 1.19. The summed E-state index contributed by atoms with van der Waals surface area (Å²) in [6.45, 7) is 0. The van der Waals surface area contributed by atoms with Gasteiger partial charge in [0.1, 0.15) is 16.5 Å². The van der Waals surface area contributed by atoms with Crippen molar-refractivity contribution in [2.75, 3.05) is 5.32 Å². The molecule has 0 spiro atoms. The Hall–Kier alpha value is -1.98. The minimum Gasteiger partial charge on any atom is -0.339 e. The first-order valence-corrected chi connectivity index (χ1v) is 6.81. The summed E-state index contributed by atoms with van der Waals surface area (Å²) in [4.78, 5) is 12.9. The lowest BCUT2D eigenvalue weighted by atomic mass is 10.3. The third-order valence-corrected chi connectivity index (χ3v) is 3.45. The number of halogens is 1. The molecule has 4 nitrogen and oxygen atoms in total. The number of hydrogen-bond donors (Lipinski definition) is 1. The lowest BCUT2D eigenvalue weighted by Gasteiger charge is -2.05. The van der Waals surface area contributed by atoms with Gasteiger partial charge in [-0.05, 0) is 24.3 Å². The lowest BCUT2D eigenvalue weighted by Crippen LogP contribution is -1.95. The molecule has 0 aliphatic rings. The molecule has 0 atom stereocenters. The van der Waals surface area contributed by atoms with Gasteiger partial charge in [-0.2, -0.15) is 0 Å². The molecular formula is C13H9ClN4S. The monoisotopic (exact) mass is 288 g/mol. The molecule has 0 fully saturated rings. The molecule has 2 aromatic heterocycles. The fraction of sp³-hybridized carbons (Fsp3) is 0. The van der Waals surface area contributed by atoms with Crippen molar-refractivity contribution < 1.29 is 0 Å². The Morgan fingerprint density at radius 1 is 1.11 bits per heavy atom. The molecule has 0 saturated heterocycles. The van der Waals surface area contributed by atoms with Gasteiger partial charge in [0.05, 0.1) is 12.4 Å². The van der Waals surface area contributed by atoms with Gasteiger partial charge in [0.15, 0.2) is 0 Å². The van der Waals surface area contributed by atoms with E-state index in [4.69, 9.17) is 11.6 Å².